The van der Waals surface area contributed by atoms with Crippen LogP contribution >= 0.6 is 0 Å². The fourth-order valence-electron chi connectivity index (χ4n) is 9.20. The smallest absolute Gasteiger partial charge is 0.428 e. The minimum absolute atomic E-state index is 0.226. The predicted octanol–water partition coefficient (Wildman–Crippen LogP) is 6.99. The first kappa shape index (κ1) is 60.4. The molecule has 2 heterocycles. The number of nitrogens with zero attached hydrogens (tertiary/aromatic N) is 4. The number of amides is 4. The highest BCUT2D eigenvalue weighted by Gasteiger charge is 2.52. The van der Waals surface area contributed by atoms with Gasteiger partial charge in [0.25, 0.3) is 23.6 Å². The van der Waals surface area contributed by atoms with Crippen LogP contribution in [0.5, 0.6) is 0 Å². The van der Waals surface area contributed by atoms with E-state index in [2.05, 4.69) is 48.0 Å². The highest BCUT2D eigenvalue weighted by Crippen LogP contribution is 2.37. The van der Waals surface area contributed by atoms with Gasteiger partial charge in [-0.15, -0.1) is 0 Å². The molecule has 6 rings (SSSR count). The van der Waals surface area contributed by atoms with Crippen LogP contribution in [0, 0.1) is 38.5 Å². The first-order valence-corrected chi connectivity index (χ1v) is 25.2. The SMILES string of the molecule is CC[C@@H](N(NC(=O)c1ccc(C=O)c(B2OC(C)(C)C(C)(C)O2)c1)C(=O)c1cc(C)cc(C)c1)C(C)(C)C.CC[C@@H](N(NC(=O)c1ccc2c(c1)B(O)N(C)N=C2)C(=O)c1cc(C)cc(C)c1)C(C)(C)C.CNN. The first-order valence-electron chi connectivity index (χ1n) is 25.2. The van der Waals surface area contributed by atoms with Crippen molar-refractivity contribution in [3.8, 4) is 0 Å². The van der Waals surface area contributed by atoms with Crippen LogP contribution in [0.3, 0.4) is 0 Å². The van der Waals surface area contributed by atoms with Gasteiger partial charge in [0.1, 0.15) is 6.29 Å². The maximum Gasteiger partial charge on any atom is 0.495 e. The number of carbonyl (C=O) groups excluding carboxylic acids is 5. The molecule has 0 bridgehead atoms. The van der Waals surface area contributed by atoms with Crippen LogP contribution in [-0.2, 0) is 9.31 Å². The zero-order valence-electron chi connectivity index (χ0n) is 47.0. The van der Waals surface area contributed by atoms with E-state index < -0.39 is 37.2 Å². The molecule has 0 aliphatic carbocycles. The number of carbonyl (C=O) groups is 5. The molecule has 4 amide bonds. The van der Waals surface area contributed by atoms with Crippen molar-refractivity contribution in [2.45, 2.75) is 147 Å². The monoisotopic (exact) mass is 1010 g/mol. The number of hydrazone groups is 1. The van der Waals surface area contributed by atoms with E-state index in [1.54, 1.807) is 56.7 Å². The maximum atomic E-state index is 13.8. The summed E-state index contributed by atoms with van der Waals surface area (Å²) in [4.78, 5) is 67.6. The van der Waals surface area contributed by atoms with E-state index in [0.29, 0.717) is 51.6 Å². The second-order valence-corrected chi connectivity index (χ2v) is 22.4. The molecule has 0 saturated carbocycles. The van der Waals surface area contributed by atoms with Gasteiger partial charge in [0.15, 0.2) is 0 Å². The summed E-state index contributed by atoms with van der Waals surface area (Å²) in [6.45, 7) is 31.8. The summed E-state index contributed by atoms with van der Waals surface area (Å²) in [7, 11) is 1.57. The van der Waals surface area contributed by atoms with Crippen LogP contribution in [0.2, 0.25) is 0 Å². The summed E-state index contributed by atoms with van der Waals surface area (Å²) in [5.74, 6) is 3.21. The quantitative estimate of drug-likeness (QED) is 0.0474. The third-order valence-electron chi connectivity index (χ3n) is 13.6. The average Bonchev–Trinajstić information content (AvgIpc) is 3.53. The summed E-state index contributed by atoms with van der Waals surface area (Å²) in [5.41, 5.74) is 14.1. The normalized spacial score (nSPS) is 15.3. The molecule has 0 spiro atoms. The fraction of sp³-hybridized carbons (Fsp3) is 0.464. The summed E-state index contributed by atoms with van der Waals surface area (Å²) in [5, 5.41) is 17.5. The molecular weight excluding hydrogens is 934 g/mol. The predicted molar refractivity (Wildman–Crippen MR) is 296 cm³/mol. The highest BCUT2D eigenvalue weighted by atomic mass is 16.7. The third kappa shape index (κ3) is 14.6. The van der Waals surface area contributed by atoms with Crippen LogP contribution in [0.25, 0.3) is 0 Å². The van der Waals surface area contributed by atoms with Crippen molar-refractivity contribution < 1.29 is 38.3 Å². The van der Waals surface area contributed by atoms with Gasteiger partial charge in [-0.3, -0.25) is 46.1 Å². The van der Waals surface area contributed by atoms with Crippen LogP contribution in [0.1, 0.15) is 176 Å². The zero-order chi connectivity index (χ0) is 55.8. The second kappa shape index (κ2) is 24.5. The molecule has 6 N–H and O–H groups in total. The number of rotatable bonds is 10. The third-order valence-corrected chi connectivity index (χ3v) is 13.6. The molecule has 18 heteroatoms. The zero-order valence-corrected chi connectivity index (χ0v) is 47.0. The molecule has 74 heavy (non-hydrogen) atoms. The highest BCUT2D eigenvalue weighted by molar-refractivity contribution is 6.65. The van der Waals surface area contributed by atoms with Gasteiger partial charge in [-0.05, 0) is 151 Å². The van der Waals surface area contributed by atoms with Crippen molar-refractivity contribution in [2.24, 2.45) is 21.8 Å². The van der Waals surface area contributed by atoms with Gasteiger partial charge < -0.3 is 19.3 Å². The topological polar surface area (TPSA) is 208 Å². The number of aryl methyl sites for hydroxylation is 4. The summed E-state index contributed by atoms with van der Waals surface area (Å²) >= 11 is 0. The number of aldehydes is 1. The maximum absolute atomic E-state index is 13.8. The van der Waals surface area contributed by atoms with E-state index in [4.69, 9.17) is 9.31 Å². The molecule has 4 aromatic rings. The standard InChI is InChI=1S/C30H41BN2O5.C25H33BN4O3.CH6N2/c1-11-25(28(4,5)6)33(27(36)23-15-19(2)14-20(3)16-23)32-26(35)21-12-13-22(18-34)24(17-21)31-37-29(7,8)30(9,10)38-31;1-8-22(25(4,5)6)30(24(32)20-12-16(2)11-17(3)13-20)28-23(31)18-9-10-19-15-27-29(7)26(33)21(19)14-18;1-3-2/h12-18,25H,11H2,1-10H3,(H,32,35);9-15,22,33H,8H2,1-7H3,(H,28,31);3H,2H2,1H3/t25-;22-;/m11./s1. The van der Waals surface area contributed by atoms with Gasteiger partial charge >= 0.3 is 14.2 Å². The number of hydrazine groups is 3. The molecule has 1 saturated heterocycles. The minimum atomic E-state index is -0.941. The van der Waals surface area contributed by atoms with Crippen molar-refractivity contribution >= 4 is 61.2 Å². The van der Waals surface area contributed by atoms with Crippen molar-refractivity contribution in [2.75, 3.05) is 14.1 Å². The van der Waals surface area contributed by atoms with Gasteiger partial charge in [-0.2, -0.15) is 5.10 Å². The van der Waals surface area contributed by atoms with Gasteiger partial charge in [0.2, 0.25) is 0 Å². The van der Waals surface area contributed by atoms with Gasteiger partial charge in [-0.25, -0.2) is 10.0 Å². The Bertz CT molecular complexity index is 2660. The number of benzene rings is 4. The summed E-state index contributed by atoms with van der Waals surface area (Å²) < 4.78 is 12.3. The van der Waals surface area contributed by atoms with Crippen molar-refractivity contribution in [1.82, 2.24) is 31.2 Å². The molecule has 16 nitrogen and oxygen atoms in total. The van der Waals surface area contributed by atoms with Crippen LogP contribution < -0.4 is 33.0 Å². The number of fused-ring (bicyclic) bond motifs is 1. The largest absolute Gasteiger partial charge is 0.495 e. The average molecular weight is 1010 g/mol. The molecule has 1 fully saturated rings. The molecular formula is C56H80B2N8O8. The lowest BCUT2D eigenvalue weighted by Gasteiger charge is -2.39. The van der Waals surface area contributed by atoms with E-state index in [1.807, 2.05) is 126 Å². The summed E-state index contributed by atoms with van der Waals surface area (Å²) in [6.07, 6.45) is 3.69. The Morgan fingerprint density at radius 2 is 1.07 bits per heavy atom. The Kier molecular flexibility index (Phi) is 20.0. The lowest BCUT2D eigenvalue weighted by atomic mass is 9.69. The van der Waals surface area contributed by atoms with E-state index in [1.165, 1.54) is 14.9 Å². The molecule has 0 radical (unpaired) electrons. The van der Waals surface area contributed by atoms with Gasteiger partial charge in [0, 0.05) is 34.9 Å². The molecule has 398 valence electrons. The molecule has 0 aromatic heterocycles. The fourth-order valence-corrected chi connectivity index (χ4v) is 9.20. The Labute approximate surface area is 440 Å². The van der Waals surface area contributed by atoms with Crippen LogP contribution in [-0.4, -0.2) is 108 Å². The Morgan fingerprint density at radius 1 is 0.689 bits per heavy atom. The van der Waals surface area contributed by atoms with Crippen LogP contribution in [0.4, 0.5) is 0 Å². The molecule has 2 aliphatic heterocycles. The van der Waals surface area contributed by atoms with Gasteiger partial charge in [0.05, 0.1) is 29.5 Å². The van der Waals surface area contributed by atoms with E-state index in [9.17, 15) is 29.0 Å². The number of hydrogen-bond donors (Lipinski definition) is 5. The summed E-state index contributed by atoms with van der Waals surface area (Å²) in [6, 6.07) is 20.7. The lowest BCUT2D eigenvalue weighted by Crippen LogP contribution is -2.56. The van der Waals surface area contributed by atoms with E-state index in [-0.39, 0.29) is 34.7 Å². The van der Waals surface area contributed by atoms with Crippen molar-refractivity contribution in [3.05, 3.63) is 128 Å². The molecule has 2 aliphatic rings. The van der Waals surface area contributed by atoms with E-state index in [0.717, 1.165) is 34.1 Å². The number of nitrogens with one attached hydrogen (secondary N) is 3. The Balaban J connectivity index is 0.000000307. The second-order valence-electron chi connectivity index (χ2n) is 22.4. The molecule has 4 aromatic carbocycles. The van der Waals surface area contributed by atoms with Crippen molar-refractivity contribution in [1.29, 1.82) is 0 Å². The van der Waals surface area contributed by atoms with Gasteiger partial charge in [-0.1, -0.05) is 102 Å². The van der Waals surface area contributed by atoms with E-state index >= 15 is 0 Å². The van der Waals surface area contributed by atoms with Crippen molar-refractivity contribution in [3.63, 3.8) is 0 Å². The number of nitrogens with two attached hydrogens (primary N) is 1. The Morgan fingerprint density at radius 3 is 1.43 bits per heavy atom. The lowest BCUT2D eigenvalue weighted by molar-refractivity contribution is 0.00578. The Hall–Kier alpha value is -6.17. The first-order chi connectivity index (χ1) is 34.3. The number of hydrogen-bond acceptors (Lipinski definition) is 12. The molecule has 0 unspecified atom stereocenters. The van der Waals surface area contributed by atoms with Crippen LogP contribution in [0.15, 0.2) is 77.9 Å². The molecule has 2 atom stereocenters. The minimum Gasteiger partial charge on any atom is -0.428 e.